The first-order valence-electron chi connectivity index (χ1n) is 9.32. The molecular weight excluding hydrogens is 324 g/mol. The fourth-order valence-corrected chi connectivity index (χ4v) is 3.83. The second-order valence-electron chi connectivity index (χ2n) is 7.41. The summed E-state index contributed by atoms with van der Waals surface area (Å²) >= 11 is 0. The van der Waals surface area contributed by atoms with Crippen molar-refractivity contribution in [3.05, 3.63) is 59.2 Å². The predicted molar refractivity (Wildman–Crippen MR) is 103 cm³/mol. The van der Waals surface area contributed by atoms with Crippen LogP contribution in [0.1, 0.15) is 29.5 Å². The first-order chi connectivity index (χ1) is 12.6. The smallest absolute Gasteiger partial charge is 0.230 e. The second kappa shape index (κ2) is 6.60. The van der Waals surface area contributed by atoms with Crippen molar-refractivity contribution in [2.45, 2.75) is 33.1 Å². The molecule has 1 aliphatic heterocycles. The van der Waals surface area contributed by atoms with Gasteiger partial charge in [0.15, 0.2) is 0 Å². The molecule has 26 heavy (non-hydrogen) atoms. The Kier molecular flexibility index (Phi) is 4.27. The normalized spacial score (nSPS) is 21.1. The number of anilines is 2. The van der Waals surface area contributed by atoms with Crippen molar-refractivity contribution in [1.82, 2.24) is 0 Å². The Labute approximate surface area is 154 Å². The fourth-order valence-electron chi connectivity index (χ4n) is 3.83. The van der Waals surface area contributed by atoms with Crippen LogP contribution in [0.3, 0.4) is 0 Å². The molecule has 134 valence electrons. The largest absolute Gasteiger partial charge is 0.326 e. The SMILES string of the molecule is Cc1cccc(NC(=O)C2CC2C(=O)N2CCCc3ccccc32)c1C. The van der Waals surface area contributed by atoms with Gasteiger partial charge in [-0.1, -0.05) is 30.3 Å². The van der Waals surface area contributed by atoms with Crippen molar-refractivity contribution in [1.29, 1.82) is 0 Å². The molecule has 2 aromatic rings. The van der Waals surface area contributed by atoms with Crippen LogP contribution in [0.4, 0.5) is 11.4 Å². The molecule has 0 spiro atoms. The number of benzene rings is 2. The average Bonchev–Trinajstić information content (AvgIpc) is 3.45. The maximum Gasteiger partial charge on any atom is 0.230 e. The summed E-state index contributed by atoms with van der Waals surface area (Å²) in [4.78, 5) is 27.4. The van der Waals surface area contributed by atoms with Gasteiger partial charge in [-0.15, -0.1) is 0 Å². The molecule has 0 radical (unpaired) electrons. The highest BCUT2D eigenvalue weighted by Crippen LogP contribution is 2.43. The maximum atomic E-state index is 13.0. The van der Waals surface area contributed by atoms with Gasteiger partial charge in [0.1, 0.15) is 0 Å². The number of fused-ring (bicyclic) bond motifs is 1. The Morgan fingerprint density at radius 3 is 2.69 bits per heavy atom. The van der Waals surface area contributed by atoms with E-state index in [9.17, 15) is 9.59 Å². The fraction of sp³-hybridized carbons (Fsp3) is 0.364. The summed E-state index contributed by atoms with van der Waals surface area (Å²) in [5, 5.41) is 3.01. The Morgan fingerprint density at radius 2 is 1.85 bits per heavy atom. The average molecular weight is 348 g/mol. The Hall–Kier alpha value is -2.62. The first-order valence-corrected chi connectivity index (χ1v) is 9.32. The lowest BCUT2D eigenvalue weighted by Gasteiger charge is -2.29. The Balaban J connectivity index is 1.45. The van der Waals surface area contributed by atoms with Crippen LogP contribution in [-0.2, 0) is 16.0 Å². The molecule has 2 aliphatic rings. The van der Waals surface area contributed by atoms with Crippen molar-refractivity contribution < 1.29 is 9.59 Å². The van der Waals surface area contributed by atoms with Crippen molar-refractivity contribution in [3.63, 3.8) is 0 Å². The third-order valence-electron chi connectivity index (χ3n) is 5.68. The van der Waals surface area contributed by atoms with Crippen molar-refractivity contribution >= 4 is 23.2 Å². The Bertz CT molecular complexity index is 874. The molecule has 1 heterocycles. The van der Waals surface area contributed by atoms with Gasteiger partial charge in [0.05, 0.1) is 11.8 Å². The van der Waals surface area contributed by atoms with E-state index in [4.69, 9.17) is 0 Å². The minimum absolute atomic E-state index is 0.0395. The first kappa shape index (κ1) is 16.8. The molecular formula is C22H24N2O2. The van der Waals surface area contributed by atoms with E-state index in [2.05, 4.69) is 11.4 Å². The van der Waals surface area contributed by atoms with E-state index in [0.717, 1.165) is 41.9 Å². The quantitative estimate of drug-likeness (QED) is 0.916. The third-order valence-corrected chi connectivity index (χ3v) is 5.68. The number of amides is 2. The summed E-state index contributed by atoms with van der Waals surface area (Å²) in [6.07, 6.45) is 2.64. The third kappa shape index (κ3) is 3.00. The van der Waals surface area contributed by atoms with Gasteiger partial charge in [-0.25, -0.2) is 0 Å². The van der Waals surface area contributed by atoms with Crippen molar-refractivity contribution in [3.8, 4) is 0 Å². The van der Waals surface area contributed by atoms with E-state index >= 15 is 0 Å². The van der Waals surface area contributed by atoms with Crippen LogP contribution >= 0.6 is 0 Å². The van der Waals surface area contributed by atoms with Crippen LogP contribution in [0.15, 0.2) is 42.5 Å². The topological polar surface area (TPSA) is 49.4 Å². The number of carbonyl (C=O) groups is 2. The maximum absolute atomic E-state index is 13.0. The van der Waals surface area contributed by atoms with E-state index in [-0.39, 0.29) is 23.7 Å². The molecule has 2 unspecified atom stereocenters. The lowest BCUT2D eigenvalue weighted by molar-refractivity contribution is -0.123. The molecule has 0 saturated heterocycles. The molecule has 1 aliphatic carbocycles. The summed E-state index contributed by atoms with van der Waals surface area (Å²) in [6.45, 7) is 4.78. The molecule has 2 aromatic carbocycles. The molecule has 1 saturated carbocycles. The summed E-state index contributed by atoms with van der Waals surface area (Å²) in [5.41, 5.74) is 5.32. The number of nitrogens with zero attached hydrogens (tertiary/aromatic N) is 1. The minimum Gasteiger partial charge on any atom is -0.326 e. The second-order valence-corrected chi connectivity index (χ2v) is 7.41. The van der Waals surface area contributed by atoms with E-state index in [1.807, 2.05) is 55.1 Å². The van der Waals surface area contributed by atoms with Crippen LogP contribution in [0.5, 0.6) is 0 Å². The number of para-hydroxylation sites is 1. The van der Waals surface area contributed by atoms with Gasteiger partial charge in [-0.2, -0.15) is 0 Å². The van der Waals surface area contributed by atoms with Crippen LogP contribution < -0.4 is 10.2 Å². The molecule has 1 N–H and O–H groups in total. The van der Waals surface area contributed by atoms with Gasteiger partial charge in [-0.05, 0) is 61.9 Å². The van der Waals surface area contributed by atoms with E-state index in [1.54, 1.807) is 0 Å². The monoisotopic (exact) mass is 348 g/mol. The zero-order valence-corrected chi connectivity index (χ0v) is 15.3. The van der Waals surface area contributed by atoms with Gasteiger partial charge < -0.3 is 10.2 Å². The van der Waals surface area contributed by atoms with E-state index < -0.39 is 0 Å². The van der Waals surface area contributed by atoms with Crippen molar-refractivity contribution in [2.24, 2.45) is 11.8 Å². The highest BCUT2D eigenvalue weighted by atomic mass is 16.2. The highest BCUT2D eigenvalue weighted by molar-refractivity contribution is 6.05. The van der Waals surface area contributed by atoms with Crippen LogP contribution in [0.2, 0.25) is 0 Å². The number of aryl methyl sites for hydroxylation is 2. The van der Waals surface area contributed by atoms with Gasteiger partial charge in [0.25, 0.3) is 0 Å². The molecule has 2 atom stereocenters. The summed E-state index contributed by atoms with van der Waals surface area (Å²) in [7, 11) is 0. The van der Waals surface area contributed by atoms with Gasteiger partial charge >= 0.3 is 0 Å². The molecule has 4 nitrogen and oxygen atoms in total. The van der Waals surface area contributed by atoms with E-state index in [0.29, 0.717) is 6.42 Å². The zero-order valence-electron chi connectivity index (χ0n) is 15.3. The number of nitrogens with one attached hydrogen (secondary N) is 1. The van der Waals surface area contributed by atoms with E-state index in [1.165, 1.54) is 5.56 Å². The highest BCUT2D eigenvalue weighted by Gasteiger charge is 2.50. The van der Waals surface area contributed by atoms with Crippen molar-refractivity contribution in [2.75, 3.05) is 16.8 Å². The summed E-state index contributed by atoms with van der Waals surface area (Å²) in [6, 6.07) is 14.0. The number of hydrogen-bond acceptors (Lipinski definition) is 2. The molecule has 0 aromatic heterocycles. The van der Waals surface area contributed by atoms with Crippen LogP contribution in [0.25, 0.3) is 0 Å². The number of carbonyl (C=O) groups excluding carboxylic acids is 2. The Morgan fingerprint density at radius 1 is 1.04 bits per heavy atom. The lowest BCUT2D eigenvalue weighted by Crippen LogP contribution is -2.37. The predicted octanol–water partition coefficient (Wildman–Crippen LogP) is 3.86. The summed E-state index contributed by atoms with van der Waals surface area (Å²) in [5.74, 6) is -0.344. The molecule has 4 rings (SSSR count). The molecule has 1 fully saturated rings. The van der Waals surface area contributed by atoms with Crippen LogP contribution in [-0.4, -0.2) is 18.4 Å². The molecule has 0 bridgehead atoms. The number of rotatable bonds is 3. The lowest BCUT2D eigenvalue weighted by atomic mass is 10.0. The van der Waals surface area contributed by atoms with Gasteiger partial charge in [0, 0.05) is 17.9 Å². The minimum atomic E-state index is -0.212. The standard InChI is InChI=1S/C22H24N2O2/c1-14-7-5-10-19(15(14)2)23-21(25)17-13-18(17)22(26)24-12-6-9-16-8-3-4-11-20(16)24/h3-5,7-8,10-11,17-18H,6,9,12-13H2,1-2H3,(H,23,25). The number of hydrogen-bond donors (Lipinski definition) is 1. The molecule has 4 heteroatoms. The van der Waals surface area contributed by atoms with Gasteiger partial charge in [-0.3, -0.25) is 9.59 Å². The zero-order chi connectivity index (χ0) is 18.3. The van der Waals surface area contributed by atoms with Crippen LogP contribution in [0, 0.1) is 25.7 Å². The summed E-state index contributed by atoms with van der Waals surface area (Å²) < 4.78 is 0. The van der Waals surface area contributed by atoms with Gasteiger partial charge in [0.2, 0.25) is 11.8 Å². The molecule has 2 amide bonds.